The largest absolute Gasteiger partial charge is 0.357 e. The summed E-state index contributed by atoms with van der Waals surface area (Å²) in [7, 11) is 0. The van der Waals surface area contributed by atoms with E-state index in [4.69, 9.17) is 0 Å². The summed E-state index contributed by atoms with van der Waals surface area (Å²) in [4.78, 5) is 4.58. The van der Waals surface area contributed by atoms with E-state index < -0.39 is 0 Å². The monoisotopic (exact) mass is 365 g/mol. The summed E-state index contributed by atoms with van der Waals surface area (Å²) in [5.74, 6) is 0.519. The zero-order valence-corrected chi connectivity index (χ0v) is 15.4. The molecule has 27 heavy (non-hydrogen) atoms. The van der Waals surface area contributed by atoms with Gasteiger partial charge in [-0.2, -0.15) is 5.10 Å². The average Bonchev–Trinajstić information content (AvgIpc) is 3.16. The molecule has 2 N–H and O–H groups in total. The summed E-state index contributed by atoms with van der Waals surface area (Å²) in [6.07, 6.45) is 2.66. The van der Waals surface area contributed by atoms with E-state index in [-0.39, 0.29) is 5.82 Å². The summed E-state index contributed by atoms with van der Waals surface area (Å²) < 4.78 is 15.1. The highest BCUT2D eigenvalue weighted by Crippen LogP contribution is 2.07. The van der Waals surface area contributed by atoms with Gasteiger partial charge in [-0.15, -0.1) is 0 Å². The van der Waals surface area contributed by atoms with Crippen molar-refractivity contribution in [3.63, 3.8) is 0 Å². The molecule has 0 atom stereocenters. The minimum Gasteiger partial charge on any atom is -0.357 e. The van der Waals surface area contributed by atoms with Crippen molar-refractivity contribution >= 4 is 5.96 Å². The van der Waals surface area contributed by atoms with E-state index in [0.717, 1.165) is 35.9 Å². The molecule has 0 aliphatic carbocycles. The van der Waals surface area contributed by atoms with E-state index in [2.05, 4.69) is 20.7 Å². The number of hydrogen-bond acceptors (Lipinski definition) is 2. The highest BCUT2D eigenvalue weighted by molar-refractivity contribution is 5.79. The number of benzene rings is 2. The first-order valence-electron chi connectivity index (χ1n) is 9.11. The Labute approximate surface area is 159 Å². The van der Waals surface area contributed by atoms with Crippen LogP contribution in [0.4, 0.5) is 4.39 Å². The fraction of sp³-hybridized carbons (Fsp3) is 0.238. The zero-order chi connectivity index (χ0) is 18.9. The van der Waals surface area contributed by atoms with Gasteiger partial charge in [0.05, 0.1) is 17.9 Å². The van der Waals surface area contributed by atoms with E-state index in [9.17, 15) is 4.39 Å². The quantitative estimate of drug-likeness (QED) is 0.499. The number of nitrogens with one attached hydrogen (secondary N) is 2. The molecule has 0 saturated heterocycles. The van der Waals surface area contributed by atoms with Gasteiger partial charge in [-0.05, 0) is 49.2 Å². The Kier molecular flexibility index (Phi) is 6.57. The van der Waals surface area contributed by atoms with Crippen molar-refractivity contribution in [1.29, 1.82) is 0 Å². The lowest BCUT2D eigenvalue weighted by atomic mass is 10.1. The molecule has 5 nitrogen and oxygen atoms in total. The SMILES string of the molecule is CCNC(=NCc1ccn(-c2ccccc2)n1)NCCc1cccc(F)c1. The molecule has 0 fully saturated rings. The maximum absolute atomic E-state index is 13.2. The molecule has 0 radical (unpaired) electrons. The molecule has 1 heterocycles. The molecule has 0 spiro atoms. The predicted octanol–water partition coefficient (Wildman–Crippen LogP) is 3.31. The highest BCUT2D eigenvalue weighted by Gasteiger charge is 2.02. The molecule has 140 valence electrons. The van der Waals surface area contributed by atoms with Crippen molar-refractivity contribution in [2.75, 3.05) is 13.1 Å². The molecule has 6 heteroatoms. The van der Waals surface area contributed by atoms with Crippen LogP contribution in [0, 0.1) is 5.82 Å². The number of nitrogens with zero attached hydrogens (tertiary/aromatic N) is 3. The van der Waals surface area contributed by atoms with Gasteiger partial charge in [0.2, 0.25) is 0 Å². The Bertz CT molecular complexity index is 873. The van der Waals surface area contributed by atoms with Gasteiger partial charge in [0.1, 0.15) is 5.82 Å². The van der Waals surface area contributed by atoms with Crippen LogP contribution in [0.3, 0.4) is 0 Å². The fourth-order valence-electron chi connectivity index (χ4n) is 2.69. The van der Waals surface area contributed by atoms with Crippen molar-refractivity contribution in [2.45, 2.75) is 19.9 Å². The van der Waals surface area contributed by atoms with Crippen molar-refractivity contribution in [1.82, 2.24) is 20.4 Å². The molecule has 1 aromatic heterocycles. The van der Waals surface area contributed by atoms with E-state index in [1.165, 1.54) is 6.07 Å². The third-order valence-corrected chi connectivity index (χ3v) is 4.00. The lowest BCUT2D eigenvalue weighted by Gasteiger charge is -2.11. The number of aliphatic imine (C=N–C) groups is 1. The number of aromatic nitrogens is 2. The Morgan fingerprint density at radius 2 is 1.93 bits per heavy atom. The molecule has 3 rings (SSSR count). The predicted molar refractivity (Wildman–Crippen MR) is 106 cm³/mol. The number of hydrogen-bond donors (Lipinski definition) is 2. The topological polar surface area (TPSA) is 54.2 Å². The van der Waals surface area contributed by atoms with Gasteiger partial charge in [-0.3, -0.25) is 0 Å². The third kappa shape index (κ3) is 5.67. The Balaban J connectivity index is 1.56. The second-order valence-corrected chi connectivity index (χ2v) is 6.09. The second-order valence-electron chi connectivity index (χ2n) is 6.09. The van der Waals surface area contributed by atoms with Crippen LogP contribution < -0.4 is 10.6 Å². The van der Waals surface area contributed by atoms with Crippen LogP contribution in [0.15, 0.2) is 71.9 Å². The normalized spacial score (nSPS) is 11.4. The van der Waals surface area contributed by atoms with Gasteiger partial charge in [-0.1, -0.05) is 30.3 Å². The van der Waals surface area contributed by atoms with Gasteiger partial charge in [0, 0.05) is 19.3 Å². The van der Waals surface area contributed by atoms with Crippen LogP contribution in [0.25, 0.3) is 5.69 Å². The molecule has 0 bridgehead atoms. The van der Waals surface area contributed by atoms with E-state index >= 15 is 0 Å². The Hall–Kier alpha value is -3.15. The van der Waals surface area contributed by atoms with Crippen molar-refractivity contribution in [3.8, 4) is 5.69 Å². The van der Waals surface area contributed by atoms with Crippen molar-refractivity contribution < 1.29 is 4.39 Å². The van der Waals surface area contributed by atoms with Gasteiger partial charge in [0.15, 0.2) is 5.96 Å². The zero-order valence-electron chi connectivity index (χ0n) is 15.4. The van der Waals surface area contributed by atoms with Gasteiger partial charge in [0.25, 0.3) is 0 Å². The summed E-state index contributed by atoms with van der Waals surface area (Å²) in [6.45, 7) is 3.95. The molecular formula is C21H24FN5. The maximum atomic E-state index is 13.2. The molecule has 0 aliphatic heterocycles. The Morgan fingerprint density at radius 1 is 1.07 bits per heavy atom. The van der Waals surface area contributed by atoms with Crippen molar-refractivity contribution in [2.24, 2.45) is 4.99 Å². The Morgan fingerprint density at radius 3 is 2.70 bits per heavy atom. The molecular weight excluding hydrogens is 341 g/mol. The van der Waals surface area contributed by atoms with E-state index in [1.807, 2.05) is 60.3 Å². The lowest BCUT2D eigenvalue weighted by Crippen LogP contribution is -2.38. The van der Waals surface area contributed by atoms with E-state index in [1.54, 1.807) is 12.1 Å². The van der Waals surface area contributed by atoms with Crippen LogP contribution in [0.2, 0.25) is 0 Å². The second kappa shape index (κ2) is 9.52. The van der Waals surface area contributed by atoms with Crippen LogP contribution >= 0.6 is 0 Å². The maximum Gasteiger partial charge on any atom is 0.191 e. The first-order chi connectivity index (χ1) is 13.2. The summed E-state index contributed by atoms with van der Waals surface area (Å²) in [5, 5.41) is 11.1. The molecule has 3 aromatic rings. The standard InChI is InChI=1S/C21H24FN5/c1-2-23-21(24-13-11-17-7-6-8-18(22)15-17)25-16-19-12-14-27(26-19)20-9-4-3-5-10-20/h3-10,12,14-15H,2,11,13,16H2,1H3,(H2,23,24,25). The number of rotatable bonds is 7. The van der Waals surface area contributed by atoms with Gasteiger partial charge >= 0.3 is 0 Å². The number of guanidine groups is 1. The van der Waals surface area contributed by atoms with Crippen LogP contribution in [0.1, 0.15) is 18.2 Å². The van der Waals surface area contributed by atoms with Gasteiger partial charge in [-0.25, -0.2) is 14.1 Å². The van der Waals surface area contributed by atoms with Crippen molar-refractivity contribution in [3.05, 3.63) is 83.9 Å². The minimum atomic E-state index is -0.206. The smallest absolute Gasteiger partial charge is 0.191 e. The van der Waals surface area contributed by atoms with Crippen LogP contribution in [0.5, 0.6) is 0 Å². The summed E-state index contributed by atoms with van der Waals surface area (Å²) >= 11 is 0. The first-order valence-corrected chi connectivity index (χ1v) is 9.11. The molecule has 2 aromatic carbocycles. The van der Waals surface area contributed by atoms with Crippen LogP contribution in [-0.2, 0) is 13.0 Å². The summed E-state index contributed by atoms with van der Waals surface area (Å²) in [5.41, 5.74) is 2.87. The first kappa shape index (κ1) is 18.6. The molecule has 0 aliphatic rings. The van der Waals surface area contributed by atoms with Gasteiger partial charge < -0.3 is 10.6 Å². The molecule has 0 unspecified atom stereocenters. The van der Waals surface area contributed by atoms with Crippen LogP contribution in [-0.4, -0.2) is 28.8 Å². The minimum absolute atomic E-state index is 0.206. The molecule has 0 saturated carbocycles. The summed E-state index contributed by atoms with van der Waals surface area (Å²) in [6, 6.07) is 18.6. The number of para-hydroxylation sites is 1. The highest BCUT2D eigenvalue weighted by atomic mass is 19.1. The van der Waals surface area contributed by atoms with E-state index in [0.29, 0.717) is 13.1 Å². The lowest BCUT2D eigenvalue weighted by molar-refractivity contribution is 0.625. The number of halogens is 1. The third-order valence-electron chi connectivity index (χ3n) is 4.00. The average molecular weight is 365 g/mol. The molecule has 0 amide bonds. The fourth-order valence-corrected chi connectivity index (χ4v) is 2.69.